The summed E-state index contributed by atoms with van der Waals surface area (Å²) in [7, 11) is 0. The van der Waals surface area contributed by atoms with Crippen LogP contribution in [0.5, 0.6) is 5.75 Å². The third-order valence-corrected chi connectivity index (χ3v) is 6.06. The molecule has 4 rings (SSSR count). The molecule has 0 atom stereocenters. The van der Waals surface area contributed by atoms with Gasteiger partial charge in [0, 0.05) is 36.2 Å². The van der Waals surface area contributed by atoms with Crippen molar-refractivity contribution in [3.8, 4) is 5.75 Å². The van der Waals surface area contributed by atoms with Gasteiger partial charge in [0.15, 0.2) is 0 Å². The van der Waals surface area contributed by atoms with Crippen LogP contribution in [0, 0.1) is 0 Å². The number of nitrogens with zero attached hydrogens (tertiary/aromatic N) is 6. The van der Waals surface area contributed by atoms with Gasteiger partial charge in [0.05, 0.1) is 11.2 Å². The third-order valence-electron chi connectivity index (χ3n) is 5.32. The van der Waals surface area contributed by atoms with Crippen molar-refractivity contribution >= 4 is 51.6 Å². The summed E-state index contributed by atoms with van der Waals surface area (Å²) in [5.41, 5.74) is 3.39. The Bertz CT molecular complexity index is 878. The Labute approximate surface area is 189 Å². The van der Waals surface area contributed by atoms with Crippen LogP contribution in [0.25, 0.3) is 0 Å². The largest absolute Gasteiger partial charge is 0.506 e. The van der Waals surface area contributed by atoms with Crippen molar-refractivity contribution < 1.29 is 5.11 Å². The number of halogens is 2. The SMILES string of the molecule is Oc1c(Cl)cc(Br)cc1/C=N\Nc1nc(N2CCCCC2)nc(N2CCCCC2)n1. The fourth-order valence-electron chi connectivity index (χ4n) is 3.72. The first-order valence-electron chi connectivity index (χ1n) is 10.3. The molecule has 3 heterocycles. The summed E-state index contributed by atoms with van der Waals surface area (Å²) >= 11 is 9.39. The van der Waals surface area contributed by atoms with Crippen molar-refractivity contribution in [2.24, 2.45) is 5.10 Å². The molecule has 2 aromatic rings. The lowest BCUT2D eigenvalue weighted by Gasteiger charge is -2.30. The van der Waals surface area contributed by atoms with Gasteiger partial charge in [-0.3, -0.25) is 0 Å². The van der Waals surface area contributed by atoms with Crippen molar-refractivity contribution in [3.05, 3.63) is 27.2 Å². The second-order valence-electron chi connectivity index (χ2n) is 7.55. The lowest BCUT2D eigenvalue weighted by Crippen LogP contribution is -2.34. The third kappa shape index (κ3) is 5.13. The van der Waals surface area contributed by atoms with Gasteiger partial charge in [0.1, 0.15) is 5.75 Å². The van der Waals surface area contributed by atoms with Crippen molar-refractivity contribution in [2.75, 3.05) is 41.4 Å². The molecule has 1 aromatic carbocycles. The molecule has 2 fully saturated rings. The summed E-state index contributed by atoms with van der Waals surface area (Å²) in [6, 6.07) is 3.36. The average Bonchev–Trinajstić information content (AvgIpc) is 2.78. The Morgan fingerprint density at radius 3 is 2.07 bits per heavy atom. The molecule has 0 bridgehead atoms. The van der Waals surface area contributed by atoms with Gasteiger partial charge in [-0.1, -0.05) is 27.5 Å². The van der Waals surface area contributed by atoms with Gasteiger partial charge in [-0.15, -0.1) is 0 Å². The zero-order valence-electron chi connectivity index (χ0n) is 16.7. The van der Waals surface area contributed by atoms with Crippen LogP contribution in [0.15, 0.2) is 21.7 Å². The van der Waals surface area contributed by atoms with Crippen LogP contribution >= 0.6 is 27.5 Å². The molecule has 2 N–H and O–H groups in total. The van der Waals surface area contributed by atoms with Gasteiger partial charge in [0.25, 0.3) is 0 Å². The topological polar surface area (TPSA) is 89.8 Å². The van der Waals surface area contributed by atoms with E-state index in [1.165, 1.54) is 19.1 Å². The van der Waals surface area contributed by atoms with E-state index in [9.17, 15) is 5.11 Å². The minimum atomic E-state index is -0.0240. The summed E-state index contributed by atoms with van der Waals surface area (Å²) in [4.78, 5) is 18.4. The number of nitrogens with one attached hydrogen (secondary N) is 1. The zero-order valence-corrected chi connectivity index (χ0v) is 19.0. The number of piperidine rings is 2. The standard InChI is InChI=1S/C20H25BrClN7O/c21-15-11-14(17(30)16(22)12-15)13-23-27-18-24-19(28-7-3-1-4-8-28)26-20(25-18)29-9-5-2-6-10-29/h11-13,30H,1-10H2,(H,24,25,26,27)/b23-13-. The number of hydrazone groups is 1. The molecular formula is C20H25BrClN7O. The lowest BCUT2D eigenvalue weighted by atomic mass is 10.1. The Morgan fingerprint density at radius 2 is 1.50 bits per heavy atom. The van der Waals surface area contributed by atoms with Crippen LogP contribution < -0.4 is 15.2 Å². The first kappa shape index (κ1) is 21.1. The first-order valence-corrected chi connectivity index (χ1v) is 11.5. The van der Waals surface area contributed by atoms with E-state index in [1.54, 1.807) is 12.1 Å². The molecule has 2 aliphatic heterocycles. The Balaban J connectivity index is 1.58. The molecule has 8 nitrogen and oxygen atoms in total. The van der Waals surface area contributed by atoms with E-state index in [-0.39, 0.29) is 10.8 Å². The Kier molecular flexibility index (Phi) is 6.89. The Hall–Kier alpha value is -2.13. The summed E-state index contributed by atoms with van der Waals surface area (Å²) in [5, 5.41) is 14.6. The second-order valence-corrected chi connectivity index (χ2v) is 8.87. The van der Waals surface area contributed by atoms with Crippen molar-refractivity contribution in [3.63, 3.8) is 0 Å². The molecule has 160 valence electrons. The fourth-order valence-corrected chi connectivity index (χ4v) is 4.55. The molecular weight excluding hydrogens is 470 g/mol. The predicted molar refractivity (Wildman–Crippen MR) is 124 cm³/mol. The molecule has 0 radical (unpaired) electrons. The van der Waals surface area contributed by atoms with Crippen LogP contribution in [-0.4, -0.2) is 52.5 Å². The van der Waals surface area contributed by atoms with E-state index in [0.717, 1.165) is 56.3 Å². The first-order chi connectivity index (χ1) is 14.6. The van der Waals surface area contributed by atoms with Gasteiger partial charge in [-0.25, -0.2) is 5.43 Å². The smallest absolute Gasteiger partial charge is 0.250 e. The van der Waals surface area contributed by atoms with E-state index in [4.69, 9.17) is 16.6 Å². The van der Waals surface area contributed by atoms with E-state index in [2.05, 4.69) is 46.2 Å². The summed E-state index contributed by atoms with van der Waals surface area (Å²) < 4.78 is 0.756. The van der Waals surface area contributed by atoms with Crippen molar-refractivity contribution in [1.82, 2.24) is 15.0 Å². The number of aromatic nitrogens is 3. The van der Waals surface area contributed by atoms with E-state index in [0.29, 0.717) is 23.4 Å². The van der Waals surface area contributed by atoms with Crippen molar-refractivity contribution in [1.29, 1.82) is 0 Å². The number of anilines is 3. The molecule has 0 aliphatic carbocycles. The van der Waals surface area contributed by atoms with Crippen LogP contribution in [0.4, 0.5) is 17.8 Å². The molecule has 0 amide bonds. The van der Waals surface area contributed by atoms with Crippen LogP contribution in [-0.2, 0) is 0 Å². The number of aromatic hydroxyl groups is 1. The second kappa shape index (κ2) is 9.78. The molecule has 0 spiro atoms. The minimum absolute atomic E-state index is 0.0240. The number of hydrogen-bond acceptors (Lipinski definition) is 8. The minimum Gasteiger partial charge on any atom is -0.506 e. The van der Waals surface area contributed by atoms with Crippen molar-refractivity contribution in [2.45, 2.75) is 38.5 Å². The fraction of sp³-hybridized carbons (Fsp3) is 0.500. The highest BCUT2D eigenvalue weighted by Gasteiger charge is 2.20. The maximum atomic E-state index is 10.1. The monoisotopic (exact) mass is 493 g/mol. The van der Waals surface area contributed by atoms with Gasteiger partial charge in [-0.2, -0.15) is 20.1 Å². The average molecular weight is 495 g/mol. The van der Waals surface area contributed by atoms with E-state index < -0.39 is 0 Å². The highest BCUT2D eigenvalue weighted by atomic mass is 79.9. The molecule has 30 heavy (non-hydrogen) atoms. The number of phenols is 1. The maximum Gasteiger partial charge on any atom is 0.250 e. The summed E-state index contributed by atoms with van der Waals surface area (Å²) in [6.45, 7) is 3.82. The quantitative estimate of drug-likeness (QED) is 0.470. The number of benzene rings is 1. The lowest BCUT2D eigenvalue weighted by molar-refractivity contribution is 0.474. The van der Waals surface area contributed by atoms with Gasteiger partial charge in [0.2, 0.25) is 17.8 Å². The molecule has 2 aliphatic rings. The van der Waals surface area contributed by atoms with Crippen LogP contribution in [0.3, 0.4) is 0 Å². The number of phenolic OH excluding ortho intramolecular Hbond substituents is 1. The zero-order chi connectivity index (χ0) is 20.9. The van der Waals surface area contributed by atoms with Crippen LogP contribution in [0.2, 0.25) is 5.02 Å². The van der Waals surface area contributed by atoms with E-state index >= 15 is 0 Å². The molecule has 1 aromatic heterocycles. The highest BCUT2D eigenvalue weighted by Crippen LogP contribution is 2.30. The molecule has 0 saturated carbocycles. The molecule has 0 unspecified atom stereocenters. The van der Waals surface area contributed by atoms with Gasteiger partial charge >= 0.3 is 0 Å². The normalized spacial score (nSPS) is 17.5. The maximum absolute atomic E-state index is 10.1. The number of hydrogen-bond donors (Lipinski definition) is 2. The van der Waals surface area contributed by atoms with Gasteiger partial charge < -0.3 is 14.9 Å². The van der Waals surface area contributed by atoms with Gasteiger partial charge in [-0.05, 0) is 50.7 Å². The Morgan fingerprint density at radius 1 is 0.933 bits per heavy atom. The predicted octanol–water partition coefficient (Wildman–Crippen LogP) is 4.42. The summed E-state index contributed by atoms with van der Waals surface area (Å²) in [5.74, 6) is 1.75. The van der Waals surface area contributed by atoms with Crippen LogP contribution in [0.1, 0.15) is 44.1 Å². The molecule has 2 saturated heterocycles. The highest BCUT2D eigenvalue weighted by molar-refractivity contribution is 9.10. The summed E-state index contributed by atoms with van der Waals surface area (Å²) in [6.07, 6.45) is 8.58. The number of rotatable bonds is 5. The van der Waals surface area contributed by atoms with E-state index in [1.807, 2.05) is 0 Å². The molecule has 10 heteroatoms.